The molecule has 0 saturated heterocycles. The van der Waals surface area contributed by atoms with E-state index in [1.165, 1.54) is 6.92 Å². The van der Waals surface area contributed by atoms with E-state index in [0.717, 1.165) is 0 Å². The second kappa shape index (κ2) is 3.02. The zero-order chi connectivity index (χ0) is 7.44. The van der Waals surface area contributed by atoms with Gasteiger partial charge in [0.2, 0.25) is 5.91 Å². The Morgan fingerprint density at radius 2 is 2.00 bits per heavy atom. The fraction of sp³-hybridized carbons (Fsp3) is 0.333. The molecule has 0 aromatic heterocycles. The Bertz CT molecular complexity index is 170. The molecule has 3 heteroatoms. The van der Waals surface area contributed by atoms with Crippen molar-refractivity contribution in [2.45, 2.75) is 13.8 Å². The van der Waals surface area contributed by atoms with Crippen molar-refractivity contribution in [1.29, 1.82) is 0 Å². The molecule has 0 aromatic carbocycles. The molecule has 50 valence electrons. The van der Waals surface area contributed by atoms with Crippen molar-refractivity contribution in [3.63, 3.8) is 0 Å². The molecule has 0 aliphatic carbocycles. The van der Waals surface area contributed by atoms with Crippen LogP contribution in [0.5, 0.6) is 0 Å². The number of amides is 1. The van der Waals surface area contributed by atoms with Gasteiger partial charge in [0.25, 0.3) is 0 Å². The Balaban J connectivity index is 4.17. The quantitative estimate of drug-likeness (QED) is 0.410. The Morgan fingerprint density at radius 1 is 1.56 bits per heavy atom. The Morgan fingerprint density at radius 3 is 2.11 bits per heavy atom. The first kappa shape index (κ1) is 7.88. The molecular weight excluding hydrogens is 116 g/mol. The topological polar surface area (TPSA) is 55.4 Å². The molecule has 0 fully saturated rings. The minimum Gasteiger partial charge on any atom is -0.383 e. The average Bonchev–Trinajstić information content (AvgIpc) is 1.63. The van der Waals surface area contributed by atoms with E-state index in [2.05, 4.69) is 11.6 Å². The highest BCUT2D eigenvalue weighted by molar-refractivity contribution is 6.02. The number of nitrogens with zero attached hydrogens (tertiary/aromatic N) is 1. The molecule has 0 aromatic rings. The van der Waals surface area contributed by atoms with Gasteiger partial charge >= 0.3 is 0 Å². The highest BCUT2D eigenvalue weighted by atomic mass is 16.1. The average molecular weight is 126 g/mol. The Kier molecular flexibility index (Phi) is 2.64. The molecule has 0 spiro atoms. The van der Waals surface area contributed by atoms with Crippen molar-refractivity contribution in [2.75, 3.05) is 0 Å². The molecular formula is C6H10N2O. The van der Waals surface area contributed by atoms with Crippen LogP contribution in [0.1, 0.15) is 13.8 Å². The standard InChI is InChI=1S/C6H10N2O/c1-4(2)6(7)8-5(3)9/h1H2,2-3H3,(H2,7,8,9). The van der Waals surface area contributed by atoms with E-state index in [-0.39, 0.29) is 11.7 Å². The lowest BCUT2D eigenvalue weighted by Gasteiger charge is -1.93. The van der Waals surface area contributed by atoms with Gasteiger partial charge < -0.3 is 5.73 Å². The maximum Gasteiger partial charge on any atom is 0.244 e. The first-order valence-electron chi connectivity index (χ1n) is 2.54. The van der Waals surface area contributed by atoms with Gasteiger partial charge in [-0.15, -0.1) is 0 Å². The molecule has 1 amide bonds. The fourth-order valence-corrected chi connectivity index (χ4v) is 0.265. The minimum atomic E-state index is -0.296. The highest BCUT2D eigenvalue weighted by Crippen LogP contribution is 1.86. The third kappa shape index (κ3) is 3.46. The maximum absolute atomic E-state index is 10.2. The zero-order valence-electron chi connectivity index (χ0n) is 5.64. The molecule has 0 atom stereocenters. The van der Waals surface area contributed by atoms with Gasteiger partial charge in [-0.25, -0.2) is 0 Å². The van der Waals surface area contributed by atoms with Crippen molar-refractivity contribution >= 4 is 11.7 Å². The van der Waals surface area contributed by atoms with Crippen LogP contribution < -0.4 is 5.73 Å². The van der Waals surface area contributed by atoms with E-state index in [1.54, 1.807) is 6.92 Å². The predicted octanol–water partition coefficient (Wildman–Crippen LogP) is 0.466. The van der Waals surface area contributed by atoms with Crippen molar-refractivity contribution in [2.24, 2.45) is 10.7 Å². The number of carbonyl (C=O) groups excluding carboxylic acids is 1. The second-order valence-corrected chi connectivity index (χ2v) is 1.80. The number of amidine groups is 1. The summed E-state index contributed by atoms with van der Waals surface area (Å²) in [5, 5.41) is 0. The van der Waals surface area contributed by atoms with Crippen molar-refractivity contribution in [3.05, 3.63) is 12.2 Å². The van der Waals surface area contributed by atoms with Crippen molar-refractivity contribution in [3.8, 4) is 0 Å². The van der Waals surface area contributed by atoms with Crippen LogP contribution in [-0.4, -0.2) is 11.7 Å². The molecule has 0 aliphatic rings. The van der Waals surface area contributed by atoms with E-state index < -0.39 is 0 Å². The molecule has 0 heterocycles. The van der Waals surface area contributed by atoms with E-state index in [1.807, 2.05) is 0 Å². The van der Waals surface area contributed by atoms with Gasteiger partial charge in [0.05, 0.1) is 0 Å². The van der Waals surface area contributed by atoms with Crippen molar-refractivity contribution in [1.82, 2.24) is 0 Å². The summed E-state index contributed by atoms with van der Waals surface area (Å²) < 4.78 is 0. The second-order valence-electron chi connectivity index (χ2n) is 1.80. The van der Waals surface area contributed by atoms with Crippen LogP contribution >= 0.6 is 0 Å². The van der Waals surface area contributed by atoms with Crippen LogP contribution in [0.4, 0.5) is 0 Å². The fourth-order valence-electron chi connectivity index (χ4n) is 0.265. The first-order valence-corrected chi connectivity index (χ1v) is 2.54. The summed E-state index contributed by atoms with van der Waals surface area (Å²) in [5.41, 5.74) is 5.86. The smallest absolute Gasteiger partial charge is 0.244 e. The Labute approximate surface area is 54.3 Å². The van der Waals surface area contributed by atoms with Gasteiger partial charge in [0, 0.05) is 6.92 Å². The molecule has 9 heavy (non-hydrogen) atoms. The lowest BCUT2D eigenvalue weighted by molar-refractivity contribution is -0.115. The van der Waals surface area contributed by atoms with Gasteiger partial charge in [-0.1, -0.05) is 6.58 Å². The van der Waals surface area contributed by atoms with Gasteiger partial charge in [-0.2, -0.15) is 4.99 Å². The lowest BCUT2D eigenvalue weighted by atomic mass is 10.3. The summed E-state index contributed by atoms with van der Waals surface area (Å²) in [6, 6.07) is 0. The first-order chi connectivity index (χ1) is 4.04. The lowest BCUT2D eigenvalue weighted by Crippen LogP contribution is -2.13. The van der Waals surface area contributed by atoms with Crippen LogP contribution in [0.3, 0.4) is 0 Å². The van der Waals surface area contributed by atoms with E-state index in [0.29, 0.717) is 5.57 Å². The number of hydrogen-bond acceptors (Lipinski definition) is 1. The normalized spacial score (nSPS) is 11.1. The number of rotatable bonds is 1. The monoisotopic (exact) mass is 126 g/mol. The van der Waals surface area contributed by atoms with Crippen molar-refractivity contribution < 1.29 is 4.79 Å². The third-order valence-electron chi connectivity index (χ3n) is 0.715. The number of aliphatic imine (C=N–C) groups is 1. The Hall–Kier alpha value is -1.12. The number of hydrogen-bond donors (Lipinski definition) is 1. The summed E-state index contributed by atoms with van der Waals surface area (Å²) in [4.78, 5) is 13.7. The maximum atomic E-state index is 10.2. The summed E-state index contributed by atoms with van der Waals surface area (Å²) in [7, 11) is 0. The SMILES string of the molecule is C=C(C)C(N)=NC(C)=O. The molecule has 2 N–H and O–H groups in total. The van der Waals surface area contributed by atoms with Crippen LogP contribution in [0.2, 0.25) is 0 Å². The van der Waals surface area contributed by atoms with Gasteiger partial charge in [-0.05, 0) is 12.5 Å². The van der Waals surface area contributed by atoms with Crippen LogP contribution in [0, 0.1) is 0 Å². The summed E-state index contributed by atoms with van der Waals surface area (Å²) >= 11 is 0. The van der Waals surface area contributed by atoms with Gasteiger partial charge in [0.1, 0.15) is 5.84 Å². The summed E-state index contributed by atoms with van der Waals surface area (Å²) in [6.07, 6.45) is 0. The molecule has 0 unspecified atom stereocenters. The summed E-state index contributed by atoms with van der Waals surface area (Å²) in [6.45, 7) is 6.54. The predicted molar refractivity (Wildman–Crippen MR) is 37.1 cm³/mol. The van der Waals surface area contributed by atoms with E-state index >= 15 is 0 Å². The molecule has 3 nitrogen and oxygen atoms in total. The van der Waals surface area contributed by atoms with Crippen LogP contribution in [0.15, 0.2) is 17.1 Å². The molecule has 0 bridgehead atoms. The zero-order valence-corrected chi connectivity index (χ0v) is 5.64. The summed E-state index contributed by atoms with van der Waals surface area (Å²) in [5.74, 6) is -0.0852. The molecule has 0 rings (SSSR count). The number of nitrogens with two attached hydrogens (primary N) is 1. The van der Waals surface area contributed by atoms with Gasteiger partial charge in [-0.3, -0.25) is 4.79 Å². The molecule has 0 aliphatic heterocycles. The van der Waals surface area contributed by atoms with E-state index in [4.69, 9.17) is 5.73 Å². The molecule has 0 radical (unpaired) electrons. The van der Waals surface area contributed by atoms with Gasteiger partial charge in [0.15, 0.2) is 0 Å². The van der Waals surface area contributed by atoms with Crippen LogP contribution in [-0.2, 0) is 4.79 Å². The minimum absolute atomic E-state index is 0.211. The highest BCUT2D eigenvalue weighted by Gasteiger charge is 1.92. The van der Waals surface area contributed by atoms with Crippen LogP contribution in [0.25, 0.3) is 0 Å². The molecule has 0 saturated carbocycles. The largest absolute Gasteiger partial charge is 0.383 e. The third-order valence-corrected chi connectivity index (χ3v) is 0.715. The van der Waals surface area contributed by atoms with E-state index in [9.17, 15) is 4.79 Å². The number of carbonyl (C=O) groups is 1.